The van der Waals surface area contributed by atoms with Crippen LogP contribution in [0.1, 0.15) is 19.4 Å². The van der Waals surface area contributed by atoms with Crippen LogP contribution in [0.5, 0.6) is 0 Å². The Morgan fingerprint density at radius 3 is 2.60 bits per heavy atom. The summed E-state index contributed by atoms with van der Waals surface area (Å²) in [6.45, 7) is 5.56. The fraction of sp³-hybridized carbons (Fsp3) is 0.533. The first kappa shape index (κ1) is 16.7. The monoisotopic (exact) mass is 274 g/mol. The zero-order chi connectivity index (χ0) is 14.8. The molecule has 1 aromatic rings. The molecule has 2 N–H and O–H groups in total. The molecule has 0 saturated carbocycles. The summed E-state index contributed by atoms with van der Waals surface area (Å²) in [7, 11) is 0.645. The van der Waals surface area contributed by atoms with Gasteiger partial charge in [-0.2, -0.15) is 0 Å². The van der Waals surface area contributed by atoms with Crippen molar-refractivity contribution < 1.29 is 9.81 Å². The van der Waals surface area contributed by atoms with E-state index in [1.807, 2.05) is 30.3 Å². The third kappa shape index (κ3) is 6.73. The molecule has 0 radical (unpaired) electrons. The van der Waals surface area contributed by atoms with Crippen LogP contribution in [-0.2, 0) is 11.1 Å². The van der Waals surface area contributed by atoms with Gasteiger partial charge in [0, 0.05) is 0 Å². The Morgan fingerprint density at radius 2 is 2.00 bits per heavy atom. The number of hydrogen-bond donors (Lipinski definition) is 2. The summed E-state index contributed by atoms with van der Waals surface area (Å²) in [5.41, 5.74) is 1.10. The van der Waals surface area contributed by atoms with E-state index in [9.17, 15) is 9.81 Å². The number of aliphatic hydroxyl groups is 1. The van der Waals surface area contributed by atoms with E-state index in [0.717, 1.165) is 12.1 Å². The van der Waals surface area contributed by atoms with Crippen LogP contribution in [0.15, 0.2) is 35.3 Å². The molecule has 0 amide bonds. The van der Waals surface area contributed by atoms with Crippen molar-refractivity contribution in [2.75, 3.05) is 13.1 Å². The van der Waals surface area contributed by atoms with Crippen LogP contribution in [0.4, 0.5) is 0 Å². The molecule has 5 heteroatoms. The molecule has 0 aromatic heterocycles. The van der Waals surface area contributed by atoms with Crippen LogP contribution < -0.4 is 5.32 Å². The molecule has 0 unspecified atom stereocenters. The molecule has 4 nitrogen and oxygen atoms in total. The molecule has 0 aliphatic heterocycles. The van der Waals surface area contributed by atoms with Gasteiger partial charge in [-0.3, -0.25) is 0 Å². The van der Waals surface area contributed by atoms with Gasteiger partial charge < -0.3 is 0 Å². The third-order valence-electron chi connectivity index (χ3n) is 2.98. The number of rotatable bonds is 9. The van der Waals surface area contributed by atoms with Crippen molar-refractivity contribution >= 4 is 13.3 Å². The number of nitrogens with zero attached hydrogens (tertiary/aromatic N) is 1. The van der Waals surface area contributed by atoms with Gasteiger partial charge in [0.2, 0.25) is 0 Å². The van der Waals surface area contributed by atoms with Crippen molar-refractivity contribution in [3.8, 4) is 0 Å². The number of nitrogens with one attached hydrogen (secondary N) is 1. The van der Waals surface area contributed by atoms with Gasteiger partial charge in [0.1, 0.15) is 0 Å². The van der Waals surface area contributed by atoms with Gasteiger partial charge in [0.15, 0.2) is 0 Å². The normalized spacial score (nSPS) is 14.4. The molecule has 108 valence electrons. The van der Waals surface area contributed by atoms with E-state index >= 15 is 0 Å². The maximum absolute atomic E-state index is 10.4. The quantitative estimate of drug-likeness (QED) is 0.527. The molecule has 0 heterocycles. The molecule has 0 spiro atoms. The molecule has 0 aliphatic carbocycles. The average molecular weight is 274 g/mol. The summed E-state index contributed by atoms with van der Waals surface area (Å²) in [5, 5.41) is 13.4. The van der Waals surface area contributed by atoms with E-state index in [2.05, 4.69) is 24.2 Å². The second kappa shape index (κ2) is 9.56. The Labute approximate surface area is 121 Å². The predicted molar refractivity (Wildman–Crippen MR) is 82.6 cm³/mol. The molecule has 0 fully saturated rings. The van der Waals surface area contributed by atoms with E-state index in [0.29, 0.717) is 26.0 Å². The molecular weight excluding hydrogens is 251 g/mol. The number of benzene rings is 1. The molecular formula is C15H23BN2O2. The van der Waals surface area contributed by atoms with Crippen LogP contribution in [0.25, 0.3) is 0 Å². The van der Waals surface area contributed by atoms with Crippen LogP contribution in [0.2, 0.25) is 0 Å². The van der Waals surface area contributed by atoms with Crippen LogP contribution in [0.3, 0.4) is 0 Å². The Morgan fingerprint density at radius 1 is 1.30 bits per heavy atom. The molecule has 0 bridgehead atoms. The second-order valence-electron chi connectivity index (χ2n) is 5.31. The fourth-order valence-electron chi connectivity index (χ4n) is 1.95. The van der Waals surface area contributed by atoms with Crippen LogP contribution in [-0.4, -0.2) is 43.6 Å². The van der Waals surface area contributed by atoms with Crippen molar-refractivity contribution in [2.45, 2.75) is 32.4 Å². The van der Waals surface area contributed by atoms with E-state index in [1.54, 1.807) is 0 Å². The van der Waals surface area contributed by atoms with Crippen molar-refractivity contribution in [2.24, 2.45) is 10.9 Å². The summed E-state index contributed by atoms with van der Waals surface area (Å²) in [6.07, 6.45) is 1.24. The molecule has 20 heavy (non-hydrogen) atoms. The van der Waals surface area contributed by atoms with E-state index < -0.39 is 6.10 Å². The Bertz CT molecular complexity index is 410. The summed E-state index contributed by atoms with van der Waals surface area (Å²) in [5.74, 6) is 0.535. The van der Waals surface area contributed by atoms with Crippen LogP contribution in [0, 0.1) is 5.92 Å². The molecule has 1 aromatic carbocycles. The summed E-state index contributed by atoms with van der Waals surface area (Å²) in [4.78, 5) is 4.15. The molecule has 0 saturated heterocycles. The minimum atomic E-state index is -0.606. The van der Waals surface area contributed by atoms with Crippen LogP contribution >= 0.6 is 0 Å². The second-order valence-corrected chi connectivity index (χ2v) is 5.31. The predicted octanol–water partition coefficient (Wildman–Crippen LogP) is 1.28. The van der Waals surface area contributed by atoms with E-state index in [4.69, 9.17) is 0 Å². The topological polar surface area (TPSA) is 61.7 Å². The van der Waals surface area contributed by atoms with Crippen molar-refractivity contribution in [1.82, 2.24) is 5.32 Å². The summed E-state index contributed by atoms with van der Waals surface area (Å²) in [6, 6.07) is 9.56. The number of aliphatic hydroxyl groups excluding tert-OH is 1. The van der Waals surface area contributed by atoms with Crippen molar-refractivity contribution in [3.63, 3.8) is 0 Å². The first-order chi connectivity index (χ1) is 9.63. The van der Waals surface area contributed by atoms with Crippen molar-refractivity contribution in [3.05, 3.63) is 35.9 Å². The molecule has 2 atom stereocenters. The zero-order valence-corrected chi connectivity index (χ0v) is 12.2. The molecule has 1 rings (SSSR count). The standard InChI is InChI=1S/C15H23BN2O2/c1-12(2)9-17-10-15(19)14(18-11-16-20)8-13-6-4-3-5-7-13/h3-7,11-12,14-15,17,19H,8-10H2,1-2H3/t14-,15+/m0/s1. The SMILES string of the molecule is CC(C)CNC[C@@H](O)[C@H](Cc1ccccc1)N=CB=O. The Balaban J connectivity index is 2.58. The van der Waals surface area contributed by atoms with Crippen molar-refractivity contribution in [1.29, 1.82) is 0 Å². The Kier molecular flexibility index (Phi) is 8.00. The first-order valence-corrected chi connectivity index (χ1v) is 7.03. The van der Waals surface area contributed by atoms with Gasteiger partial charge >= 0.3 is 121 Å². The summed E-state index contributed by atoms with van der Waals surface area (Å²) < 4.78 is 10.4. The number of hydrogen-bond acceptors (Lipinski definition) is 4. The Hall–Kier alpha value is -1.33. The van der Waals surface area contributed by atoms with Gasteiger partial charge in [-0.15, -0.1) is 0 Å². The zero-order valence-electron chi connectivity index (χ0n) is 12.2. The van der Waals surface area contributed by atoms with E-state index in [1.165, 1.54) is 6.11 Å². The van der Waals surface area contributed by atoms with Gasteiger partial charge in [0.05, 0.1) is 0 Å². The molecule has 0 aliphatic rings. The van der Waals surface area contributed by atoms with Gasteiger partial charge in [-0.1, -0.05) is 0 Å². The third-order valence-corrected chi connectivity index (χ3v) is 2.98. The van der Waals surface area contributed by atoms with Gasteiger partial charge in [-0.05, 0) is 0 Å². The fourth-order valence-corrected chi connectivity index (χ4v) is 1.95. The van der Waals surface area contributed by atoms with Gasteiger partial charge in [0.25, 0.3) is 0 Å². The van der Waals surface area contributed by atoms with Gasteiger partial charge in [-0.25, -0.2) is 0 Å². The minimum absolute atomic E-state index is 0.303. The van der Waals surface area contributed by atoms with E-state index in [-0.39, 0.29) is 6.04 Å². The average Bonchev–Trinajstić information content (AvgIpc) is 2.44. The summed E-state index contributed by atoms with van der Waals surface area (Å²) >= 11 is 0. The number of aliphatic imine (C=N–C) groups is 1. The maximum atomic E-state index is 10.4. The first-order valence-electron chi connectivity index (χ1n) is 7.03.